The first-order valence-corrected chi connectivity index (χ1v) is 8.39. The van der Waals surface area contributed by atoms with E-state index in [1.807, 2.05) is 30.3 Å². The fraction of sp³-hybridized carbons (Fsp3) is 0.350. The molecule has 0 amide bonds. The number of nitrogens with one attached hydrogen (secondary N) is 1. The van der Waals surface area contributed by atoms with Gasteiger partial charge in [-0.05, 0) is 30.8 Å². The molecule has 1 aliphatic heterocycles. The van der Waals surface area contributed by atoms with E-state index in [0.29, 0.717) is 17.1 Å². The summed E-state index contributed by atoms with van der Waals surface area (Å²) in [4.78, 5) is 12.9. The third kappa shape index (κ3) is 3.77. The Morgan fingerprint density at radius 1 is 0.960 bits per heavy atom. The highest BCUT2D eigenvalue weighted by Gasteiger charge is 2.38. The van der Waals surface area contributed by atoms with Gasteiger partial charge in [-0.15, -0.1) is 0 Å². The van der Waals surface area contributed by atoms with E-state index in [2.05, 4.69) is 5.32 Å². The summed E-state index contributed by atoms with van der Waals surface area (Å²) in [6, 6.07) is 15.0. The zero-order valence-corrected chi connectivity index (χ0v) is 14.6. The summed E-state index contributed by atoms with van der Waals surface area (Å²) >= 11 is 0. The molecule has 0 radical (unpaired) electrons. The van der Waals surface area contributed by atoms with Crippen molar-refractivity contribution in [2.75, 3.05) is 27.3 Å². The summed E-state index contributed by atoms with van der Waals surface area (Å²) in [5.41, 5.74) is 0.838. The molecule has 5 heteroatoms. The largest absolute Gasteiger partial charge is 0.497 e. The van der Waals surface area contributed by atoms with Crippen LogP contribution >= 0.6 is 0 Å². The molecule has 2 aromatic carbocycles. The lowest BCUT2D eigenvalue weighted by atomic mass is 9.84. The van der Waals surface area contributed by atoms with Gasteiger partial charge in [-0.2, -0.15) is 0 Å². The Labute approximate surface area is 147 Å². The maximum Gasteiger partial charge on any atom is 0.339 e. The molecule has 5 nitrogen and oxygen atoms in total. The van der Waals surface area contributed by atoms with Gasteiger partial charge in [0.15, 0.2) is 0 Å². The molecule has 0 atom stereocenters. The van der Waals surface area contributed by atoms with E-state index in [-0.39, 0.29) is 5.97 Å². The predicted octanol–water partition coefficient (Wildman–Crippen LogP) is 3.14. The van der Waals surface area contributed by atoms with Crippen LogP contribution < -0.4 is 14.8 Å². The topological polar surface area (TPSA) is 56.8 Å². The first kappa shape index (κ1) is 17.3. The van der Waals surface area contributed by atoms with Crippen molar-refractivity contribution in [3.8, 4) is 11.5 Å². The molecule has 2 aromatic rings. The molecule has 1 fully saturated rings. The van der Waals surface area contributed by atoms with Crippen LogP contribution in [0.4, 0.5) is 0 Å². The van der Waals surface area contributed by atoms with E-state index in [9.17, 15) is 4.79 Å². The molecule has 0 bridgehead atoms. The first-order chi connectivity index (χ1) is 12.2. The molecule has 1 saturated heterocycles. The molecule has 0 saturated carbocycles. The maximum absolute atomic E-state index is 12.9. The van der Waals surface area contributed by atoms with Gasteiger partial charge in [-0.3, -0.25) is 0 Å². The van der Waals surface area contributed by atoms with Gasteiger partial charge in [0.2, 0.25) is 0 Å². The number of piperidine rings is 1. The summed E-state index contributed by atoms with van der Waals surface area (Å²) in [5.74, 6) is 0.749. The van der Waals surface area contributed by atoms with Gasteiger partial charge < -0.3 is 19.5 Å². The minimum Gasteiger partial charge on any atom is -0.497 e. The predicted molar refractivity (Wildman–Crippen MR) is 95.2 cm³/mol. The van der Waals surface area contributed by atoms with E-state index >= 15 is 0 Å². The van der Waals surface area contributed by atoms with Crippen molar-refractivity contribution in [3.05, 3.63) is 59.7 Å². The fourth-order valence-corrected chi connectivity index (χ4v) is 3.18. The Morgan fingerprint density at radius 2 is 1.56 bits per heavy atom. The van der Waals surface area contributed by atoms with Crippen LogP contribution in [-0.2, 0) is 10.3 Å². The minimum atomic E-state index is -0.611. The van der Waals surface area contributed by atoms with Crippen LogP contribution in [0.5, 0.6) is 11.5 Å². The van der Waals surface area contributed by atoms with E-state index in [0.717, 1.165) is 31.5 Å². The molecular formula is C20H23NO4. The summed E-state index contributed by atoms with van der Waals surface area (Å²) < 4.78 is 16.6. The lowest BCUT2D eigenvalue weighted by molar-refractivity contribution is -0.0378. The van der Waals surface area contributed by atoms with Crippen LogP contribution in [-0.4, -0.2) is 33.3 Å². The van der Waals surface area contributed by atoms with Crippen LogP contribution in [0.3, 0.4) is 0 Å². The summed E-state index contributed by atoms with van der Waals surface area (Å²) in [6.45, 7) is 1.62. The van der Waals surface area contributed by atoms with Crippen LogP contribution in [0.25, 0.3) is 0 Å². The quantitative estimate of drug-likeness (QED) is 0.847. The van der Waals surface area contributed by atoms with E-state index < -0.39 is 5.60 Å². The Bertz CT molecular complexity index is 701. The van der Waals surface area contributed by atoms with Crippen LogP contribution in [0.1, 0.15) is 28.8 Å². The van der Waals surface area contributed by atoms with Crippen molar-refractivity contribution in [1.29, 1.82) is 0 Å². The van der Waals surface area contributed by atoms with Crippen molar-refractivity contribution >= 4 is 5.97 Å². The number of ether oxygens (including phenoxy) is 3. The second-order valence-corrected chi connectivity index (χ2v) is 6.10. The van der Waals surface area contributed by atoms with E-state index in [4.69, 9.17) is 14.2 Å². The molecule has 0 aliphatic carbocycles. The fourth-order valence-electron chi connectivity index (χ4n) is 3.18. The standard InChI is InChI=1S/C20H23NO4/c1-23-17-12-15(13-18(14-17)24-2)19(22)25-20(8-10-21-11-9-20)16-6-4-3-5-7-16/h3-7,12-14,21H,8-11H2,1-2H3. The third-order valence-corrected chi connectivity index (χ3v) is 4.59. The molecule has 0 aromatic heterocycles. The molecule has 132 valence electrons. The Hall–Kier alpha value is -2.53. The Morgan fingerprint density at radius 3 is 2.12 bits per heavy atom. The normalized spacial score (nSPS) is 16.1. The molecule has 1 aliphatic rings. The molecule has 3 rings (SSSR count). The second-order valence-electron chi connectivity index (χ2n) is 6.10. The molecular weight excluding hydrogens is 318 g/mol. The van der Waals surface area contributed by atoms with Gasteiger partial charge in [-0.1, -0.05) is 30.3 Å². The highest BCUT2D eigenvalue weighted by atomic mass is 16.6. The Balaban J connectivity index is 1.91. The zero-order chi connectivity index (χ0) is 17.7. The van der Waals surface area contributed by atoms with Crippen LogP contribution in [0.15, 0.2) is 48.5 Å². The van der Waals surface area contributed by atoms with Gasteiger partial charge in [0, 0.05) is 18.9 Å². The molecule has 1 heterocycles. The highest BCUT2D eigenvalue weighted by Crippen LogP contribution is 2.36. The van der Waals surface area contributed by atoms with Gasteiger partial charge in [0.05, 0.1) is 19.8 Å². The molecule has 1 N–H and O–H groups in total. The van der Waals surface area contributed by atoms with Gasteiger partial charge in [-0.25, -0.2) is 4.79 Å². The number of methoxy groups -OCH3 is 2. The lowest BCUT2D eigenvalue weighted by Gasteiger charge is -2.37. The summed E-state index contributed by atoms with van der Waals surface area (Å²) in [7, 11) is 3.12. The summed E-state index contributed by atoms with van der Waals surface area (Å²) in [6.07, 6.45) is 1.48. The van der Waals surface area contributed by atoms with E-state index in [1.54, 1.807) is 32.4 Å². The SMILES string of the molecule is COc1cc(OC)cc(C(=O)OC2(c3ccccc3)CCNCC2)c1. The monoisotopic (exact) mass is 341 g/mol. The Kier molecular flexibility index (Phi) is 5.24. The first-order valence-electron chi connectivity index (χ1n) is 8.39. The average molecular weight is 341 g/mol. The van der Waals surface area contributed by atoms with Crippen molar-refractivity contribution in [2.45, 2.75) is 18.4 Å². The maximum atomic E-state index is 12.9. The lowest BCUT2D eigenvalue weighted by Crippen LogP contribution is -2.43. The van der Waals surface area contributed by atoms with Gasteiger partial charge >= 0.3 is 5.97 Å². The highest BCUT2D eigenvalue weighted by molar-refractivity contribution is 5.90. The van der Waals surface area contributed by atoms with Crippen molar-refractivity contribution in [3.63, 3.8) is 0 Å². The van der Waals surface area contributed by atoms with Crippen molar-refractivity contribution in [2.24, 2.45) is 0 Å². The zero-order valence-electron chi connectivity index (χ0n) is 14.6. The van der Waals surface area contributed by atoms with Crippen LogP contribution in [0.2, 0.25) is 0 Å². The van der Waals surface area contributed by atoms with Crippen molar-refractivity contribution in [1.82, 2.24) is 5.32 Å². The smallest absolute Gasteiger partial charge is 0.339 e. The number of carbonyl (C=O) groups excluding carboxylic acids is 1. The minimum absolute atomic E-state index is 0.372. The number of esters is 1. The van der Waals surface area contributed by atoms with Crippen LogP contribution in [0, 0.1) is 0 Å². The molecule has 0 spiro atoms. The number of hydrogen-bond donors (Lipinski definition) is 1. The number of hydrogen-bond acceptors (Lipinski definition) is 5. The molecule has 25 heavy (non-hydrogen) atoms. The average Bonchev–Trinajstić information content (AvgIpc) is 2.68. The summed E-state index contributed by atoms with van der Waals surface area (Å²) in [5, 5.41) is 3.33. The van der Waals surface area contributed by atoms with Gasteiger partial charge in [0.25, 0.3) is 0 Å². The van der Waals surface area contributed by atoms with Crippen molar-refractivity contribution < 1.29 is 19.0 Å². The van der Waals surface area contributed by atoms with Gasteiger partial charge in [0.1, 0.15) is 17.1 Å². The second kappa shape index (κ2) is 7.57. The number of benzene rings is 2. The molecule has 0 unspecified atom stereocenters. The number of rotatable bonds is 5. The third-order valence-electron chi connectivity index (χ3n) is 4.59. The number of carbonyl (C=O) groups is 1. The van der Waals surface area contributed by atoms with E-state index in [1.165, 1.54) is 0 Å².